The summed E-state index contributed by atoms with van der Waals surface area (Å²) in [5.74, 6) is 0. The number of nitrogens with zero attached hydrogens (tertiary/aromatic N) is 1. The molecule has 1 nitrogen and oxygen atoms in total. The van der Waals surface area contributed by atoms with E-state index >= 15 is 8.78 Å². The maximum absolute atomic E-state index is 16.1. The molecule has 0 N–H and O–H groups in total. The average molecular weight is 454 g/mol. The summed E-state index contributed by atoms with van der Waals surface area (Å²) in [6.45, 7) is 6.36. The van der Waals surface area contributed by atoms with Gasteiger partial charge >= 0.3 is 0 Å². The minimum Gasteiger partial charge on any atom is -0.296 e. The van der Waals surface area contributed by atoms with E-state index in [0.717, 1.165) is 74.7 Å². The van der Waals surface area contributed by atoms with Crippen LogP contribution >= 0.6 is 0 Å². The van der Waals surface area contributed by atoms with Crippen molar-refractivity contribution in [3.8, 4) is 0 Å². The van der Waals surface area contributed by atoms with E-state index in [1.54, 1.807) is 0 Å². The molecule has 1 unspecified atom stereocenters. The average Bonchev–Trinajstić information content (AvgIpc) is 3.49. The predicted molar refractivity (Wildman–Crippen MR) is 134 cm³/mol. The predicted octanol–water partition coefficient (Wildman–Crippen LogP) is 8.40. The monoisotopic (exact) mass is 453 g/mol. The Morgan fingerprint density at radius 2 is 1.33 bits per heavy atom. The van der Waals surface area contributed by atoms with Crippen molar-refractivity contribution in [1.82, 2.24) is 4.90 Å². The number of hydrogen-bond donors (Lipinski definition) is 0. The lowest BCUT2D eigenvalue weighted by Crippen LogP contribution is -2.35. The lowest BCUT2D eigenvalue weighted by Gasteiger charge is -2.33. The lowest BCUT2D eigenvalue weighted by molar-refractivity contribution is 0.159. The molecule has 0 aliphatic heterocycles. The van der Waals surface area contributed by atoms with Gasteiger partial charge in [-0.1, -0.05) is 62.4 Å². The first kappa shape index (κ1) is 24.4. The van der Waals surface area contributed by atoms with Crippen LogP contribution in [-0.2, 0) is 24.3 Å². The molecule has 0 heterocycles. The molecule has 0 spiro atoms. The molecular weight excluding hydrogens is 412 g/mol. The zero-order chi connectivity index (χ0) is 23.3. The molecule has 180 valence electrons. The van der Waals surface area contributed by atoms with Crippen LogP contribution in [0.1, 0.15) is 100 Å². The quantitative estimate of drug-likeness (QED) is 0.349. The Balaban J connectivity index is 1.61. The summed E-state index contributed by atoms with van der Waals surface area (Å²) >= 11 is 0. The molecule has 2 aromatic rings. The summed E-state index contributed by atoms with van der Waals surface area (Å²) in [5.41, 5.74) is 1.33. The zero-order valence-corrected chi connectivity index (χ0v) is 20.6. The van der Waals surface area contributed by atoms with Crippen LogP contribution in [0.3, 0.4) is 0 Å². The Bertz CT molecular complexity index is 841. The second kappa shape index (κ2) is 10.7. The molecule has 2 aliphatic carbocycles. The van der Waals surface area contributed by atoms with E-state index in [1.807, 2.05) is 18.2 Å². The van der Waals surface area contributed by atoms with E-state index in [1.165, 1.54) is 5.56 Å². The molecule has 2 saturated carbocycles. The van der Waals surface area contributed by atoms with Crippen LogP contribution in [0, 0.1) is 0 Å². The third-order valence-electron chi connectivity index (χ3n) is 8.28. The number of alkyl halides is 2. The first-order valence-electron chi connectivity index (χ1n) is 13.3. The Kier molecular flexibility index (Phi) is 7.89. The zero-order valence-electron chi connectivity index (χ0n) is 20.6. The van der Waals surface area contributed by atoms with Crippen LogP contribution in [0.25, 0.3) is 0 Å². The highest BCUT2D eigenvalue weighted by Crippen LogP contribution is 2.49. The summed E-state index contributed by atoms with van der Waals surface area (Å²) in [6, 6.07) is 16.9. The van der Waals surface area contributed by atoms with Crippen molar-refractivity contribution in [2.75, 3.05) is 6.54 Å². The molecule has 0 bridgehead atoms. The summed E-state index contributed by atoms with van der Waals surface area (Å²) < 4.78 is 32.2. The van der Waals surface area contributed by atoms with Crippen LogP contribution in [0.4, 0.5) is 8.78 Å². The number of benzene rings is 2. The van der Waals surface area contributed by atoms with Crippen LogP contribution in [0.15, 0.2) is 48.5 Å². The lowest BCUT2D eigenvalue weighted by atomic mass is 9.80. The van der Waals surface area contributed by atoms with Gasteiger partial charge in [-0.15, -0.1) is 0 Å². The van der Waals surface area contributed by atoms with E-state index in [4.69, 9.17) is 0 Å². The molecule has 3 heteroatoms. The van der Waals surface area contributed by atoms with Gasteiger partial charge in [0.15, 0.2) is 0 Å². The van der Waals surface area contributed by atoms with Crippen molar-refractivity contribution >= 4 is 0 Å². The van der Waals surface area contributed by atoms with Crippen LogP contribution in [0.2, 0.25) is 0 Å². The van der Waals surface area contributed by atoms with Crippen LogP contribution < -0.4 is 0 Å². The number of halogens is 2. The van der Waals surface area contributed by atoms with E-state index in [2.05, 4.69) is 49.1 Å². The first-order valence-corrected chi connectivity index (χ1v) is 13.3. The van der Waals surface area contributed by atoms with Gasteiger partial charge < -0.3 is 0 Å². The van der Waals surface area contributed by atoms with Crippen molar-refractivity contribution in [2.24, 2.45) is 0 Å². The molecule has 1 atom stereocenters. The number of hydrogen-bond acceptors (Lipinski definition) is 1. The second-order valence-electron chi connectivity index (χ2n) is 10.3. The minimum atomic E-state index is -1.28. The molecule has 0 saturated heterocycles. The van der Waals surface area contributed by atoms with E-state index in [-0.39, 0.29) is 0 Å². The highest BCUT2D eigenvalue weighted by Gasteiger charge is 2.42. The van der Waals surface area contributed by atoms with Gasteiger partial charge in [0.1, 0.15) is 11.3 Å². The first-order chi connectivity index (χ1) is 16.0. The van der Waals surface area contributed by atoms with Gasteiger partial charge in [0.2, 0.25) is 0 Å². The normalized spacial score (nSPS) is 20.4. The second-order valence-corrected chi connectivity index (χ2v) is 10.3. The Labute approximate surface area is 199 Å². The van der Waals surface area contributed by atoms with Crippen molar-refractivity contribution in [2.45, 2.75) is 108 Å². The van der Waals surface area contributed by atoms with E-state index in [9.17, 15) is 0 Å². The van der Waals surface area contributed by atoms with Gasteiger partial charge in [-0.05, 0) is 99.4 Å². The highest BCUT2D eigenvalue weighted by molar-refractivity contribution is 5.43. The summed E-state index contributed by atoms with van der Waals surface area (Å²) in [6.07, 6.45) is 8.77. The fourth-order valence-corrected chi connectivity index (χ4v) is 6.38. The van der Waals surface area contributed by atoms with E-state index < -0.39 is 11.3 Å². The van der Waals surface area contributed by atoms with Crippen molar-refractivity contribution in [3.63, 3.8) is 0 Å². The standard InChI is InChI=1S/C30H41F2N/c1-3-25(33(4-2)23-24-13-6-5-7-14-24)17-18-26-27(29(31)19-8-9-20-29)15-12-16-28(26)30(32)21-10-11-22-30/h5-7,12-16,25H,3-4,8-11,17-23H2,1-2H3. The Morgan fingerprint density at radius 1 is 0.788 bits per heavy atom. The maximum atomic E-state index is 16.1. The molecule has 0 radical (unpaired) electrons. The number of rotatable bonds is 10. The SMILES string of the molecule is CCC(CCc1c(C2(F)CCCC2)cccc1C1(F)CCCC1)N(CC)Cc1ccccc1. The van der Waals surface area contributed by atoms with Gasteiger partial charge in [0.25, 0.3) is 0 Å². The highest BCUT2D eigenvalue weighted by atomic mass is 19.1. The van der Waals surface area contributed by atoms with Gasteiger partial charge in [0, 0.05) is 12.6 Å². The smallest absolute Gasteiger partial charge is 0.136 e. The van der Waals surface area contributed by atoms with Gasteiger partial charge in [-0.25, -0.2) is 8.78 Å². The third kappa shape index (κ3) is 5.34. The molecule has 33 heavy (non-hydrogen) atoms. The fourth-order valence-electron chi connectivity index (χ4n) is 6.38. The minimum absolute atomic E-state index is 0.398. The molecule has 2 aliphatic rings. The summed E-state index contributed by atoms with van der Waals surface area (Å²) in [7, 11) is 0. The Morgan fingerprint density at radius 3 is 1.82 bits per heavy atom. The topological polar surface area (TPSA) is 3.24 Å². The van der Waals surface area contributed by atoms with Crippen molar-refractivity contribution in [1.29, 1.82) is 0 Å². The molecule has 0 amide bonds. The molecular formula is C30H41F2N. The molecule has 2 fully saturated rings. The van der Waals surface area contributed by atoms with Gasteiger partial charge in [0.05, 0.1) is 0 Å². The third-order valence-corrected chi connectivity index (χ3v) is 8.28. The summed E-state index contributed by atoms with van der Waals surface area (Å²) in [5, 5.41) is 0. The van der Waals surface area contributed by atoms with Gasteiger partial charge in [-0.3, -0.25) is 4.90 Å². The maximum Gasteiger partial charge on any atom is 0.136 e. The van der Waals surface area contributed by atoms with Crippen molar-refractivity contribution in [3.05, 3.63) is 70.8 Å². The molecule has 0 aromatic heterocycles. The molecule has 4 rings (SSSR count). The largest absolute Gasteiger partial charge is 0.296 e. The van der Waals surface area contributed by atoms with Crippen LogP contribution in [-0.4, -0.2) is 17.5 Å². The van der Waals surface area contributed by atoms with Crippen molar-refractivity contribution < 1.29 is 8.78 Å². The summed E-state index contributed by atoms with van der Waals surface area (Å²) in [4.78, 5) is 2.53. The van der Waals surface area contributed by atoms with Gasteiger partial charge in [-0.2, -0.15) is 0 Å². The molecule has 2 aromatic carbocycles. The van der Waals surface area contributed by atoms with E-state index in [0.29, 0.717) is 31.7 Å². The Hall–Kier alpha value is -1.74. The van der Waals surface area contributed by atoms with Crippen LogP contribution in [0.5, 0.6) is 0 Å². The fraction of sp³-hybridized carbons (Fsp3) is 0.600.